The molecule has 100 valence electrons. The molecular weight excluding hydrogens is 236 g/mol. The van der Waals surface area contributed by atoms with Gasteiger partial charge in [-0.15, -0.1) is 0 Å². The van der Waals surface area contributed by atoms with Crippen LogP contribution in [0.1, 0.15) is 32.1 Å². The number of likely N-dealkylation sites (tertiary alicyclic amines) is 1. The number of carboxylic acid groups (broad SMARTS) is 1. The van der Waals surface area contributed by atoms with Crippen molar-refractivity contribution in [3.63, 3.8) is 0 Å². The lowest BCUT2D eigenvalue weighted by Crippen LogP contribution is -2.51. The van der Waals surface area contributed by atoms with Gasteiger partial charge in [-0.2, -0.15) is 0 Å². The molecule has 3 rings (SSSR count). The second kappa shape index (κ2) is 4.42. The summed E-state index contributed by atoms with van der Waals surface area (Å²) in [5.74, 6) is -0.910. The van der Waals surface area contributed by atoms with E-state index in [1.807, 2.05) is 0 Å². The molecule has 3 saturated heterocycles. The van der Waals surface area contributed by atoms with Gasteiger partial charge in [-0.25, -0.2) is 9.59 Å². The summed E-state index contributed by atoms with van der Waals surface area (Å²) in [6.45, 7) is 0.532. The third-order valence-electron chi connectivity index (χ3n) is 4.21. The van der Waals surface area contributed by atoms with Crippen LogP contribution in [0, 0.1) is 0 Å². The molecule has 0 saturated carbocycles. The molecule has 0 spiro atoms. The van der Waals surface area contributed by atoms with Crippen LogP contribution in [-0.4, -0.2) is 52.8 Å². The first-order valence-electron chi connectivity index (χ1n) is 6.60. The molecule has 0 aromatic rings. The Labute approximate surface area is 105 Å². The summed E-state index contributed by atoms with van der Waals surface area (Å²) < 4.78 is 5.67. The molecule has 3 aliphatic rings. The summed E-state index contributed by atoms with van der Waals surface area (Å²) in [5, 5.41) is 12.0. The zero-order valence-corrected chi connectivity index (χ0v) is 10.2. The molecule has 0 radical (unpaired) electrons. The first-order chi connectivity index (χ1) is 8.65. The van der Waals surface area contributed by atoms with E-state index in [4.69, 9.17) is 9.84 Å². The SMILES string of the molecule is O=C(O)[C@@H]1CCCN1C(=O)NC1CC2CCC1O2. The fraction of sp³-hybridized carbons (Fsp3) is 0.833. The van der Waals surface area contributed by atoms with E-state index in [1.54, 1.807) is 0 Å². The maximum Gasteiger partial charge on any atom is 0.326 e. The average Bonchev–Trinajstić information content (AvgIpc) is 3.04. The Morgan fingerprint density at radius 3 is 2.72 bits per heavy atom. The number of fused-ring (bicyclic) bond motifs is 2. The van der Waals surface area contributed by atoms with Gasteiger partial charge in [0.1, 0.15) is 6.04 Å². The van der Waals surface area contributed by atoms with Crippen LogP contribution in [-0.2, 0) is 9.53 Å². The molecule has 0 aliphatic carbocycles. The minimum Gasteiger partial charge on any atom is -0.480 e. The van der Waals surface area contributed by atoms with Crippen LogP contribution in [0.2, 0.25) is 0 Å². The molecule has 0 aromatic carbocycles. The Morgan fingerprint density at radius 2 is 2.11 bits per heavy atom. The minimum absolute atomic E-state index is 0.0614. The van der Waals surface area contributed by atoms with E-state index in [-0.39, 0.29) is 24.3 Å². The van der Waals surface area contributed by atoms with Crippen LogP contribution >= 0.6 is 0 Å². The number of urea groups is 1. The van der Waals surface area contributed by atoms with Crippen molar-refractivity contribution < 1.29 is 19.4 Å². The quantitative estimate of drug-likeness (QED) is 0.755. The maximum absolute atomic E-state index is 12.1. The summed E-state index contributed by atoms with van der Waals surface area (Å²) in [4.78, 5) is 24.6. The standard InChI is InChI=1S/C12H18N2O4/c15-11(16)9-2-1-5-14(9)12(17)13-8-6-7-3-4-10(8)18-7/h7-10H,1-6H2,(H,13,17)(H,15,16)/t7?,8?,9-,10?/m0/s1. The van der Waals surface area contributed by atoms with Gasteiger partial charge in [0, 0.05) is 6.54 Å². The summed E-state index contributed by atoms with van der Waals surface area (Å²) in [6, 6.07) is -0.850. The minimum atomic E-state index is -0.910. The van der Waals surface area contributed by atoms with Crippen LogP contribution in [0.5, 0.6) is 0 Å². The fourth-order valence-electron chi connectivity index (χ4n) is 3.30. The van der Waals surface area contributed by atoms with Gasteiger partial charge in [0.2, 0.25) is 0 Å². The zero-order valence-electron chi connectivity index (χ0n) is 10.2. The summed E-state index contributed by atoms with van der Waals surface area (Å²) in [6.07, 6.45) is 4.67. The number of carboxylic acids is 1. The van der Waals surface area contributed by atoms with Crippen molar-refractivity contribution in [1.82, 2.24) is 10.2 Å². The van der Waals surface area contributed by atoms with Gasteiger partial charge in [-0.3, -0.25) is 0 Å². The molecule has 2 N–H and O–H groups in total. The molecule has 0 aromatic heterocycles. The van der Waals surface area contributed by atoms with Crippen LogP contribution < -0.4 is 5.32 Å². The topological polar surface area (TPSA) is 78.9 Å². The van der Waals surface area contributed by atoms with Gasteiger partial charge >= 0.3 is 12.0 Å². The highest BCUT2D eigenvalue weighted by molar-refractivity contribution is 5.83. The molecule has 6 nitrogen and oxygen atoms in total. The van der Waals surface area contributed by atoms with E-state index in [0.717, 1.165) is 25.7 Å². The van der Waals surface area contributed by atoms with E-state index in [9.17, 15) is 9.59 Å². The summed E-state index contributed by atoms with van der Waals surface area (Å²) in [5.41, 5.74) is 0. The van der Waals surface area contributed by atoms with E-state index in [1.165, 1.54) is 4.90 Å². The molecule has 6 heteroatoms. The molecular formula is C12H18N2O4. The van der Waals surface area contributed by atoms with Crippen molar-refractivity contribution in [3.8, 4) is 0 Å². The molecule has 2 bridgehead atoms. The van der Waals surface area contributed by atoms with Crippen molar-refractivity contribution in [2.45, 2.75) is 56.4 Å². The molecule has 4 atom stereocenters. The largest absolute Gasteiger partial charge is 0.480 e. The predicted octanol–water partition coefficient (Wildman–Crippen LogP) is 0.565. The van der Waals surface area contributed by atoms with Gasteiger partial charge in [-0.1, -0.05) is 0 Å². The predicted molar refractivity (Wildman–Crippen MR) is 62.2 cm³/mol. The fourth-order valence-corrected chi connectivity index (χ4v) is 3.30. The van der Waals surface area contributed by atoms with E-state index < -0.39 is 12.0 Å². The van der Waals surface area contributed by atoms with Gasteiger partial charge < -0.3 is 20.1 Å². The maximum atomic E-state index is 12.1. The molecule has 18 heavy (non-hydrogen) atoms. The number of nitrogens with zero attached hydrogens (tertiary/aromatic N) is 1. The van der Waals surface area contributed by atoms with Gasteiger partial charge in [-0.05, 0) is 32.1 Å². The summed E-state index contributed by atoms with van der Waals surface area (Å²) in [7, 11) is 0. The smallest absolute Gasteiger partial charge is 0.326 e. The Hall–Kier alpha value is -1.30. The van der Waals surface area contributed by atoms with Gasteiger partial charge in [0.05, 0.1) is 18.2 Å². The number of carbonyl (C=O) groups excluding carboxylic acids is 1. The van der Waals surface area contributed by atoms with Crippen LogP contribution in [0.4, 0.5) is 4.79 Å². The number of nitrogens with one attached hydrogen (secondary N) is 1. The second-order valence-corrected chi connectivity index (χ2v) is 5.36. The number of hydrogen-bond donors (Lipinski definition) is 2. The first-order valence-corrected chi connectivity index (χ1v) is 6.60. The number of carbonyl (C=O) groups is 2. The molecule has 3 unspecified atom stereocenters. The lowest BCUT2D eigenvalue weighted by Gasteiger charge is -2.26. The van der Waals surface area contributed by atoms with E-state index in [0.29, 0.717) is 13.0 Å². The molecule has 3 heterocycles. The molecule has 3 aliphatic heterocycles. The van der Waals surface area contributed by atoms with Crippen molar-refractivity contribution in [2.24, 2.45) is 0 Å². The van der Waals surface area contributed by atoms with Crippen molar-refractivity contribution in [3.05, 3.63) is 0 Å². The number of aliphatic carboxylic acids is 1. The number of hydrogen-bond acceptors (Lipinski definition) is 3. The normalized spacial score (nSPS) is 38.1. The van der Waals surface area contributed by atoms with Gasteiger partial charge in [0.15, 0.2) is 0 Å². The monoisotopic (exact) mass is 254 g/mol. The number of rotatable bonds is 2. The third kappa shape index (κ3) is 1.94. The highest BCUT2D eigenvalue weighted by Crippen LogP contribution is 2.34. The second-order valence-electron chi connectivity index (χ2n) is 5.36. The zero-order chi connectivity index (χ0) is 12.7. The highest BCUT2D eigenvalue weighted by atomic mass is 16.5. The summed E-state index contributed by atoms with van der Waals surface area (Å²) >= 11 is 0. The van der Waals surface area contributed by atoms with E-state index in [2.05, 4.69) is 5.32 Å². The Bertz CT molecular complexity index is 373. The lowest BCUT2D eigenvalue weighted by molar-refractivity contribution is -0.141. The highest BCUT2D eigenvalue weighted by Gasteiger charge is 2.43. The Balaban J connectivity index is 1.59. The Morgan fingerprint density at radius 1 is 1.28 bits per heavy atom. The average molecular weight is 254 g/mol. The number of amides is 2. The van der Waals surface area contributed by atoms with Gasteiger partial charge in [0.25, 0.3) is 0 Å². The van der Waals surface area contributed by atoms with Crippen molar-refractivity contribution in [2.75, 3.05) is 6.54 Å². The molecule has 2 amide bonds. The lowest BCUT2D eigenvalue weighted by atomic mass is 9.96. The van der Waals surface area contributed by atoms with Crippen LogP contribution in [0.3, 0.4) is 0 Å². The third-order valence-corrected chi connectivity index (χ3v) is 4.21. The van der Waals surface area contributed by atoms with Crippen molar-refractivity contribution >= 4 is 12.0 Å². The Kier molecular flexibility index (Phi) is 2.89. The first kappa shape index (κ1) is 11.8. The molecule has 3 fully saturated rings. The van der Waals surface area contributed by atoms with E-state index >= 15 is 0 Å². The van der Waals surface area contributed by atoms with Crippen LogP contribution in [0.15, 0.2) is 0 Å². The number of ether oxygens (including phenoxy) is 1. The van der Waals surface area contributed by atoms with Crippen LogP contribution in [0.25, 0.3) is 0 Å². The van der Waals surface area contributed by atoms with Crippen molar-refractivity contribution in [1.29, 1.82) is 0 Å².